The zero-order chi connectivity index (χ0) is 40.5. The Morgan fingerprint density at radius 1 is 0.500 bits per heavy atom. The smallest absolute Gasteiger partial charge is 0.227 e. The Kier molecular flexibility index (Phi) is 7.86. The normalized spacial score (nSPS) is 12.0. The summed E-state index contributed by atoms with van der Waals surface area (Å²) in [6.07, 6.45) is 0. The molecule has 0 atom stereocenters. The number of furan rings is 2. The quantitative estimate of drug-likeness (QED) is 0.175. The number of phenolic OH excluding ortho intramolecular Hbond substituents is 1. The van der Waals surface area contributed by atoms with Gasteiger partial charge in [-0.2, -0.15) is 0 Å². The van der Waals surface area contributed by atoms with Crippen molar-refractivity contribution in [1.29, 1.82) is 0 Å². The predicted octanol–water partition coefficient (Wildman–Crippen LogP) is 12.7. The Morgan fingerprint density at radius 3 is 1.58 bits per heavy atom. The van der Waals surface area contributed by atoms with Crippen LogP contribution in [0.5, 0.6) is 5.75 Å². The van der Waals surface area contributed by atoms with Crippen LogP contribution in [0.15, 0.2) is 154 Å². The van der Waals surface area contributed by atoms with Crippen molar-refractivity contribution < 1.29 is 35.0 Å². The average Bonchev–Trinajstić information content (AvgIpc) is 4.02. The molecule has 0 bridgehead atoms. The standard InChI is InChI=1S/C52H31N6O3.Pt/c1-28-12-16-35-33-18-14-31(26-45(33)60-51(35)53-28)57-40-24-25-41-48(47(40)49-42(57)22-20-38(55-49)30-8-4-3-5-9-30)50-43(23-21-39(56-50)37-10-6-7-11-44(37)59)58(41)32-15-19-34-36-17-13-29(2)54-52(36)61-46(34)27-32;/h3-8,10-27,59H,1-2H3;/q-1;. The van der Waals surface area contributed by atoms with Crippen LogP contribution in [0.1, 0.15) is 11.4 Å². The van der Waals surface area contributed by atoms with Crippen molar-refractivity contribution in [1.82, 2.24) is 29.1 Å². The van der Waals surface area contributed by atoms with Crippen molar-refractivity contribution in [3.05, 3.63) is 163 Å². The zero-order valence-electron chi connectivity index (χ0n) is 33.1. The molecule has 0 radical (unpaired) electrons. The van der Waals surface area contributed by atoms with Crippen molar-refractivity contribution in [2.24, 2.45) is 0 Å². The van der Waals surface area contributed by atoms with Crippen LogP contribution in [0.25, 0.3) is 122 Å². The Hall–Kier alpha value is -7.61. The first kappa shape index (κ1) is 36.3. The first-order valence-electron chi connectivity index (χ1n) is 20.1. The fourth-order valence-electron chi connectivity index (χ4n) is 9.18. The van der Waals surface area contributed by atoms with Gasteiger partial charge in [-0.1, -0.05) is 18.2 Å². The molecule has 0 fully saturated rings. The number of aryl methyl sites for hydroxylation is 2. The van der Waals surface area contributed by atoms with Gasteiger partial charge in [0.15, 0.2) is 0 Å². The van der Waals surface area contributed by atoms with Gasteiger partial charge in [-0.3, -0.25) is 4.98 Å². The van der Waals surface area contributed by atoms with E-state index in [1.807, 2.05) is 74.5 Å². The summed E-state index contributed by atoms with van der Waals surface area (Å²) in [5, 5.41) is 16.9. The number of phenols is 1. The fourth-order valence-corrected chi connectivity index (χ4v) is 9.18. The van der Waals surface area contributed by atoms with E-state index in [1.54, 1.807) is 6.07 Å². The molecule has 5 aromatic carbocycles. The van der Waals surface area contributed by atoms with Crippen molar-refractivity contribution in [3.8, 4) is 39.6 Å². The number of aromatic hydroxyl groups is 1. The second-order valence-corrected chi connectivity index (χ2v) is 15.6. The molecule has 0 aliphatic heterocycles. The number of aromatic nitrogens is 6. The van der Waals surface area contributed by atoms with Gasteiger partial charge in [0.25, 0.3) is 0 Å². The summed E-state index contributed by atoms with van der Waals surface area (Å²) in [4.78, 5) is 20.2. The molecule has 10 heteroatoms. The Bertz CT molecular complexity index is 3990. The number of nitrogens with zero attached hydrogens (tertiary/aromatic N) is 6. The van der Waals surface area contributed by atoms with E-state index in [2.05, 4.69) is 104 Å². The number of para-hydroxylation sites is 1. The second kappa shape index (κ2) is 13.4. The number of pyridine rings is 4. The summed E-state index contributed by atoms with van der Waals surface area (Å²) >= 11 is 0. The van der Waals surface area contributed by atoms with Crippen LogP contribution in [0.3, 0.4) is 0 Å². The summed E-state index contributed by atoms with van der Waals surface area (Å²) in [7, 11) is 0. The molecule has 13 aromatic rings. The second-order valence-electron chi connectivity index (χ2n) is 15.6. The molecular weight excluding hydrogens is 952 g/mol. The van der Waals surface area contributed by atoms with Gasteiger partial charge in [0.1, 0.15) is 16.9 Å². The summed E-state index contributed by atoms with van der Waals surface area (Å²) in [5.41, 5.74) is 14.7. The largest absolute Gasteiger partial charge is 0.507 e. The molecule has 298 valence electrons. The molecule has 0 unspecified atom stereocenters. The molecule has 1 N–H and O–H groups in total. The number of rotatable bonds is 4. The van der Waals surface area contributed by atoms with E-state index in [1.165, 1.54) is 0 Å². The number of benzene rings is 5. The minimum absolute atomic E-state index is 0. The summed E-state index contributed by atoms with van der Waals surface area (Å²) in [6.45, 7) is 3.94. The van der Waals surface area contributed by atoms with Crippen LogP contribution in [0, 0.1) is 19.9 Å². The SMILES string of the molecule is Cc1ccc2c(n1)oc1cc(-n3c4ccc(-c5[c-]cccc5)nc4c4c5c6nc(-c7ccccc7O)ccc6n(-c6ccc7c(c6)oc6nc(C)ccc67)c5ccc43)ccc12.[Pt]. The van der Waals surface area contributed by atoms with Gasteiger partial charge in [0.05, 0.1) is 38.8 Å². The van der Waals surface area contributed by atoms with Gasteiger partial charge in [-0.25, -0.2) is 15.0 Å². The van der Waals surface area contributed by atoms with Crippen LogP contribution < -0.4 is 0 Å². The van der Waals surface area contributed by atoms with Crippen LogP contribution in [-0.2, 0) is 21.1 Å². The van der Waals surface area contributed by atoms with E-state index in [0.29, 0.717) is 22.7 Å². The molecule has 62 heavy (non-hydrogen) atoms. The van der Waals surface area contributed by atoms with Crippen molar-refractivity contribution in [2.75, 3.05) is 0 Å². The van der Waals surface area contributed by atoms with Gasteiger partial charge in [0, 0.05) is 93.8 Å². The molecule has 8 heterocycles. The number of fused-ring (bicyclic) bond motifs is 13. The third-order valence-corrected chi connectivity index (χ3v) is 12.0. The van der Waals surface area contributed by atoms with Crippen molar-refractivity contribution >= 4 is 88.0 Å². The molecule has 0 saturated heterocycles. The number of hydrogen-bond donors (Lipinski definition) is 1. The third kappa shape index (κ3) is 5.25. The van der Waals surface area contributed by atoms with Gasteiger partial charge in [0.2, 0.25) is 11.4 Å². The van der Waals surface area contributed by atoms with Gasteiger partial charge in [-0.15, -0.1) is 35.9 Å². The van der Waals surface area contributed by atoms with Crippen LogP contribution in [0.4, 0.5) is 0 Å². The molecule has 0 aliphatic rings. The Labute approximate surface area is 366 Å². The topological polar surface area (TPSA) is 108 Å². The molecule has 0 amide bonds. The summed E-state index contributed by atoms with van der Waals surface area (Å²) in [6, 6.07) is 52.0. The van der Waals surface area contributed by atoms with Crippen molar-refractivity contribution in [3.63, 3.8) is 0 Å². The Morgan fingerprint density at radius 2 is 1.02 bits per heavy atom. The third-order valence-electron chi connectivity index (χ3n) is 12.0. The summed E-state index contributed by atoms with van der Waals surface area (Å²) < 4.78 is 17.3. The molecule has 8 aromatic heterocycles. The van der Waals surface area contributed by atoms with Crippen molar-refractivity contribution in [2.45, 2.75) is 13.8 Å². The first-order chi connectivity index (χ1) is 29.9. The Balaban J connectivity index is 0.00000410. The van der Waals surface area contributed by atoms with Crippen LogP contribution in [-0.4, -0.2) is 34.2 Å². The van der Waals surface area contributed by atoms with E-state index >= 15 is 0 Å². The maximum absolute atomic E-state index is 11.0. The monoisotopic (exact) mass is 982 g/mol. The molecule has 0 saturated carbocycles. The van der Waals surface area contributed by atoms with E-state index in [0.717, 1.165) is 111 Å². The summed E-state index contributed by atoms with van der Waals surface area (Å²) in [5.74, 6) is 0.163. The molecule has 0 aliphatic carbocycles. The van der Waals surface area contributed by atoms with E-state index in [9.17, 15) is 5.11 Å². The minimum atomic E-state index is 0. The van der Waals surface area contributed by atoms with E-state index < -0.39 is 0 Å². The maximum atomic E-state index is 11.0. The predicted molar refractivity (Wildman–Crippen MR) is 242 cm³/mol. The van der Waals surface area contributed by atoms with Gasteiger partial charge in [-0.05, 0) is 111 Å². The van der Waals surface area contributed by atoms with Gasteiger partial charge >= 0.3 is 0 Å². The molecular formula is C52H31N6O3Pt-. The van der Waals surface area contributed by atoms with Gasteiger partial charge < -0.3 is 23.1 Å². The first-order valence-corrected chi connectivity index (χ1v) is 20.1. The minimum Gasteiger partial charge on any atom is -0.507 e. The molecule has 9 nitrogen and oxygen atoms in total. The zero-order valence-corrected chi connectivity index (χ0v) is 35.4. The maximum Gasteiger partial charge on any atom is 0.227 e. The van der Waals surface area contributed by atoms with E-state index in [4.69, 9.17) is 18.8 Å². The van der Waals surface area contributed by atoms with E-state index in [-0.39, 0.29) is 26.8 Å². The fraction of sp³-hybridized carbons (Fsp3) is 0.0385. The molecule has 13 rings (SSSR count). The molecule has 0 spiro atoms. The number of hydrogen-bond acceptors (Lipinski definition) is 7. The van der Waals surface area contributed by atoms with Crippen LogP contribution >= 0.6 is 0 Å². The van der Waals surface area contributed by atoms with Crippen LogP contribution in [0.2, 0.25) is 0 Å². The average molecular weight is 983 g/mol.